The second kappa shape index (κ2) is 5.18. The molecular weight excluding hydrogens is 258 g/mol. The van der Waals surface area contributed by atoms with Crippen molar-refractivity contribution in [3.05, 3.63) is 53.3 Å². The number of ketones is 1. The fourth-order valence-electron chi connectivity index (χ4n) is 3.30. The summed E-state index contributed by atoms with van der Waals surface area (Å²) in [5, 5.41) is 0. The number of hydrogen-bond donors (Lipinski definition) is 0. The second-order valence-electron chi connectivity index (χ2n) is 6.90. The van der Waals surface area contributed by atoms with Crippen molar-refractivity contribution in [3.8, 4) is 5.69 Å². The lowest BCUT2D eigenvalue weighted by molar-refractivity contribution is 0.0911. The van der Waals surface area contributed by atoms with Crippen molar-refractivity contribution in [3.63, 3.8) is 0 Å². The van der Waals surface area contributed by atoms with E-state index in [2.05, 4.69) is 49.6 Å². The summed E-state index contributed by atoms with van der Waals surface area (Å²) in [4.78, 5) is 12.3. The number of fused-ring (bicyclic) bond motifs is 1. The standard InChI is InChI=1S/C19H23NO/c1-4-5-14-6-8-15(9-7-14)20-11-10-16-17(20)12-19(2,3)13-18(16)21/h6-11H,4-5,12-13H2,1-3H3. The number of hydrogen-bond acceptors (Lipinski definition) is 1. The smallest absolute Gasteiger partial charge is 0.165 e. The third-order valence-electron chi connectivity index (χ3n) is 4.33. The van der Waals surface area contributed by atoms with Crippen LogP contribution in [0.15, 0.2) is 36.5 Å². The first-order valence-corrected chi connectivity index (χ1v) is 7.83. The highest BCUT2D eigenvalue weighted by Gasteiger charge is 2.33. The van der Waals surface area contributed by atoms with Gasteiger partial charge in [-0.1, -0.05) is 39.3 Å². The van der Waals surface area contributed by atoms with Gasteiger partial charge in [0.2, 0.25) is 0 Å². The maximum Gasteiger partial charge on any atom is 0.165 e. The molecule has 0 unspecified atom stereocenters. The van der Waals surface area contributed by atoms with Gasteiger partial charge in [0.25, 0.3) is 0 Å². The number of benzene rings is 1. The number of aromatic nitrogens is 1. The molecule has 0 saturated carbocycles. The largest absolute Gasteiger partial charge is 0.320 e. The second-order valence-corrected chi connectivity index (χ2v) is 6.90. The summed E-state index contributed by atoms with van der Waals surface area (Å²) in [6, 6.07) is 10.7. The molecule has 0 spiro atoms. The van der Waals surface area contributed by atoms with Crippen molar-refractivity contribution in [1.82, 2.24) is 4.57 Å². The Bertz CT molecular complexity index is 661. The van der Waals surface area contributed by atoms with Crippen LogP contribution in [0.3, 0.4) is 0 Å². The molecule has 2 nitrogen and oxygen atoms in total. The maximum absolute atomic E-state index is 12.3. The summed E-state index contributed by atoms with van der Waals surface area (Å²) in [5.41, 5.74) is 4.66. The van der Waals surface area contributed by atoms with E-state index in [1.54, 1.807) is 0 Å². The SMILES string of the molecule is CCCc1ccc(-n2ccc3c2CC(C)(C)CC3=O)cc1. The van der Waals surface area contributed by atoms with Gasteiger partial charge in [-0.05, 0) is 42.0 Å². The number of rotatable bonds is 3. The van der Waals surface area contributed by atoms with Gasteiger partial charge < -0.3 is 4.57 Å². The van der Waals surface area contributed by atoms with E-state index in [0.29, 0.717) is 6.42 Å². The van der Waals surface area contributed by atoms with Crippen LogP contribution in [0.25, 0.3) is 5.69 Å². The summed E-state index contributed by atoms with van der Waals surface area (Å²) in [6.07, 6.45) is 5.94. The highest BCUT2D eigenvalue weighted by molar-refractivity contribution is 5.99. The molecule has 2 aromatic rings. The summed E-state index contributed by atoms with van der Waals surface area (Å²) in [6.45, 7) is 6.55. The molecule has 0 amide bonds. The Morgan fingerprint density at radius 3 is 2.48 bits per heavy atom. The molecule has 0 fully saturated rings. The molecule has 2 heteroatoms. The monoisotopic (exact) mass is 281 g/mol. The third kappa shape index (κ3) is 2.67. The zero-order valence-electron chi connectivity index (χ0n) is 13.1. The molecule has 0 aliphatic heterocycles. The molecule has 1 aromatic heterocycles. The summed E-state index contributed by atoms with van der Waals surface area (Å²) < 4.78 is 2.18. The Kier molecular flexibility index (Phi) is 3.48. The topological polar surface area (TPSA) is 22.0 Å². The Balaban J connectivity index is 1.99. The van der Waals surface area contributed by atoms with Crippen molar-refractivity contribution in [2.24, 2.45) is 5.41 Å². The van der Waals surface area contributed by atoms with Crippen LogP contribution >= 0.6 is 0 Å². The predicted octanol–water partition coefficient (Wildman–Crippen LogP) is 4.58. The molecule has 21 heavy (non-hydrogen) atoms. The number of carbonyl (C=O) groups is 1. The molecule has 0 saturated heterocycles. The molecular formula is C19H23NO. The summed E-state index contributed by atoms with van der Waals surface area (Å²) >= 11 is 0. The summed E-state index contributed by atoms with van der Waals surface area (Å²) in [7, 11) is 0. The van der Waals surface area contributed by atoms with Crippen molar-refractivity contribution in [1.29, 1.82) is 0 Å². The van der Waals surface area contributed by atoms with E-state index in [-0.39, 0.29) is 11.2 Å². The highest BCUT2D eigenvalue weighted by atomic mass is 16.1. The van der Waals surface area contributed by atoms with Crippen molar-refractivity contribution in [2.45, 2.75) is 46.5 Å². The first kappa shape index (κ1) is 14.1. The van der Waals surface area contributed by atoms with Crippen LogP contribution in [0.5, 0.6) is 0 Å². The molecule has 3 rings (SSSR count). The van der Waals surface area contributed by atoms with Crippen molar-refractivity contribution >= 4 is 5.78 Å². The molecule has 110 valence electrons. The fraction of sp³-hybridized carbons (Fsp3) is 0.421. The Morgan fingerprint density at radius 1 is 1.10 bits per heavy atom. The van der Waals surface area contributed by atoms with Gasteiger partial charge in [-0.25, -0.2) is 0 Å². The molecule has 0 atom stereocenters. The zero-order valence-corrected chi connectivity index (χ0v) is 13.1. The number of nitrogens with zero attached hydrogens (tertiary/aromatic N) is 1. The van der Waals surface area contributed by atoms with Crippen molar-refractivity contribution in [2.75, 3.05) is 0 Å². The zero-order chi connectivity index (χ0) is 15.0. The van der Waals surface area contributed by atoms with Gasteiger partial charge in [0, 0.05) is 29.6 Å². The fourth-order valence-corrected chi connectivity index (χ4v) is 3.30. The minimum absolute atomic E-state index is 0.0579. The predicted molar refractivity (Wildman–Crippen MR) is 86.2 cm³/mol. The molecule has 0 N–H and O–H groups in total. The van der Waals surface area contributed by atoms with Crippen LogP contribution in [0.4, 0.5) is 0 Å². The van der Waals surface area contributed by atoms with E-state index in [0.717, 1.165) is 24.1 Å². The van der Waals surface area contributed by atoms with E-state index in [1.165, 1.54) is 17.7 Å². The first-order chi connectivity index (χ1) is 10.00. The minimum atomic E-state index is 0.0579. The van der Waals surface area contributed by atoms with Crippen LogP contribution in [0, 0.1) is 5.41 Å². The highest BCUT2D eigenvalue weighted by Crippen LogP contribution is 2.36. The summed E-state index contributed by atoms with van der Waals surface area (Å²) in [5.74, 6) is 0.280. The molecule has 1 heterocycles. The molecule has 0 radical (unpaired) electrons. The Morgan fingerprint density at radius 2 is 1.81 bits per heavy atom. The van der Waals surface area contributed by atoms with E-state index in [9.17, 15) is 4.79 Å². The average Bonchev–Trinajstić information content (AvgIpc) is 2.82. The van der Waals surface area contributed by atoms with E-state index in [1.807, 2.05) is 12.3 Å². The normalized spacial score (nSPS) is 16.8. The van der Waals surface area contributed by atoms with Gasteiger partial charge in [0.1, 0.15) is 0 Å². The van der Waals surface area contributed by atoms with E-state index in [4.69, 9.17) is 0 Å². The van der Waals surface area contributed by atoms with Gasteiger partial charge >= 0.3 is 0 Å². The lowest BCUT2D eigenvalue weighted by atomic mass is 9.76. The quantitative estimate of drug-likeness (QED) is 0.807. The van der Waals surface area contributed by atoms with Gasteiger partial charge in [-0.3, -0.25) is 4.79 Å². The van der Waals surface area contributed by atoms with Crippen LogP contribution in [0.2, 0.25) is 0 Å². The molecule has 1 aliphatic carbocycles. The number of aryl methyl sites for hydroxylation is 1. The minimum Gasteiger partial charge on any atom is -0.320 e. The van der Waals surface area contributed by atoms with Crippen LogP contribution in [0.1, 0.15) is 55.2 Å². The first-order valence-electron chi connectivity index (χ1n) is 7.83. The number of carbonyl (C=O) groups excluding carboxylic acids is 1. The van der Waals surface area contributed by atoms with Gasteiger partial charge in [0.15, 0.2) is 5.78 Å². The molecule has 1 aromatic carbocycles. The number of Topliss-reactive ketones (excluding diaryl/α,β-unsaturated/α-hetero) is 1. The van der Waals surface area contributed by atoms with Crippen LogP contribution in [-0.2, 0) is 12.8 Å². The molecule has 0 bridgehead atoms. The third-order valence-corrected chi connectivity index (χ3v) is 4.33. The Labute approximate surface area is 126 Å². The maximum atomic E-state index is 12.3. The Hall–Kier alpha value is -1.83. The lowest BCUT2D eigenvalue weighted by Crippen LogP contribution is -2.27. The van der Waals surface area contributed by atoms with E-state index >= 15 is 0 Å². The van der Waals surface area contributed by atoms with E-state index < -0.39 is 0 Å². The molecule has 1 aliphatic rings. The van der Waals surface area contributed by atoms with Crippen LogP contribution in [-0.4, -0.2) is 10.4 Å². The average molecular weight is 281 g/mol. The van der Waals surface area contributed by atoms with Gasteiger partial charge in [-0.2, -0.15) is 0 Å². The van der Waals surface area contributed by atoms with Crippen molar-refractivity contribution < 1.29 is 4.79 Å². The van der Waals surface area contributed by atoms with Crippen LogP contribution < -0.4 is 0 Å². The van der Waals surface area contributed by atoms with Gasteiger partial charge in [-0.15, -0.1) is 0 Å². The lowest BCUT2D eigenvalue weighted by Gasteiger charge is -2.29. The van der Waals surface area contributed by atoms with Gasteiger partial charge in [0.05, 0.1) is 0 Å².